The second-order valence-electron chi connectivity index (χ2n) is 10.3. The molecule has 1 aromatic heterocycles. The van der Waals surface area contributed by atoms with Gasteiger partial charge < -0.3 is 20.3 Å². The van der Waals surface area contributed by atoms with Crippen LogP contribution in [0.2, 0.25) is 5.02 Å². The van der Waals surface area contributed by atoms with Gasteiger partial charge >= 0.3 is 6.18 Å². The molecule has 228 valence electrons. The van der Waals surface area contributed by atoms with Gasteiger partial charge in [0.1, 0.15) is 23.1 Å². The molecule has 0 radical (unpaired) electrons. The number of benzene rings is 2. The molecule has 7 nitrogen and oxygen atoms in total. The summed E-state index contributed by atoms with van der Waals surface area (Å²) in [6, 6.07) is 5.73. The molecule has 0 saturated carbocycles. The van der Waals surface area contributed by atoms with Crippen molar-refractivity contribution in [1.29, 1.82) is 0 Å². The minimum atomic E-state index is -4.93. The molecule has 0 unspecified atom stereocenters. The van der Waals surface area contributed by atoms with E-state index in [1.807, 2.05) is 0 Å². The summed E-state index contributed by atoms with van der Waals surface area (Å²) in [6.45, 7) is 2.37. The molecule has 0 spiro atoms. The van der Waals surface area contributed by atoms with E-state index in [9.17, 15) is 41.4 Å². The molecule has 13 heteroatoms. The largest absolute Gasteiger partial charge is 0.416 e. The number of ketones is 1. The zero-order chi connectivity index (χ0) is 31.6. The van der Waals surface area contributed by atoms with Crippen molar-refractivity contribution >= 4 is 34.9 Å². The summed E-state index contributed by atoms with van der Waals surface area (Å²) in [5.74, 6) is -5.11. The van der Waals surface area contributed by atoms with Crippen molar-refractivity contribution in [2.45, 2.75) is 44.9 Å². The maximum atomic E-state index is 14.3. The molecule has 4 rings (SSSR count). The number of carbonyl (C=O) groups excluding carboxylic acids is 3. The number of anilines is 1. The molecule has 3 atom stereocenters. The van der Waals surface area contributed by atoms with Crippen LogP contribution < -0.4 is 10.6 Å². The molecule has 0 aliphatic heterocycles. The Bertz CT molecular complexity index is 1600. The number of amides is 2. The van der Waals surface area contributed by atoms with Crippen LogP contribution in [0.5, 0.6) is 0 Å². The number of halogens is 6. The third-order valence-corrected chi connectivity index (χ3v) is 7.39. The molecule has 1 aliphatic rings. The van der Waals surface area contributed by atoms with E-state index in [2.05, 4.69) is 10.6 Å². The Labute approximate surface area is 248 Å². The molecule has 0 saturated heterocycles. The number of nitrogens with one attached hydrogen (secondary N) is 2. The first-order valence-corrected chi connectivity index (χ1v) is 13.5. The Morgan fingerprint density at radius 1 is 1.05 bits per heavy atom. The summed E-state index contributed by atoms with van der Waals surface area (Å²) >= 11 is 6.35. The predicted octanol–water partition coefficient (Wildman–Crippen LogP) is 6.10. The van der Waals surface area contributed by atoms with E-state index >= 15 is 0 Å². The highest BCUT2D eigenvalue weighted by Crippen LogP contribution is 2.38. The first-order valence-electron chi connectivity index (χ1n) is 13.1. The second kappa shape index (κ2) is 12.7. The normalized spacial score (nSPS) is 17.1. The SMILES string of the molecule is CC(=O)Cn1c(C(=O)N[C@@H]2C=C[C@H](CO)C2)cc(NC(=O)c2cc(F)cc(C(F)(F)F)c2)c1[C@@H](C)c1cc(F)ccc1Cl. The first-order chi connectivity index (χ1) is 20.2. The van der Waals surface area contributed by atoms with E-state index < -0.39 is 52.7 Å². The fourth-order valence-electron chi connectivity index (χ4n) is 5.04. The second-order valence-corrected chi connectivity index (χ2v) is 10.7. The van der Waals surface area contributed by atoms with Crippen LogP contribution in [0.1, 0.15) is 63.9 Å². The Morgan fingerprint density at radius 3 is 2.40 bits per heavy atom. The minimum Gasteiger partial charge on any atom is -0.396 e. The van der Waals surface area contributed by atoms with Crippen molar-refractivity contribution in [2.24, 2.45) is 5.92 Å². The number of nitrogens with zero attached hydrogens (tertiary/aromatic N) is 1. The number of alkyl halides is 3. The lowest BCUT2D eigenvalue weighted by Gasteiger charge is -2.21. The predicted molar refractivity (Wildman–Crippen MR) is 149 cm³/mol. The summed E-state index contributed by atoms with van der Waals surface area (Å²) in [5, 5.41) is 14.8. The zero-order valence-corrected chi connectivity index (χ0v) is 23.7. The van der Waals surface area contributed by atoms with Crippen molar-refractivity contribution in [3.63, 3.8) is 0 Å². The molecule has 43 heavy (non-hydrogen) atoms. The van der Waals surface area contributed by atoms with E-state index in [1.54, 1.807) is 19.1 Å². The van der Waals surface area contributed by atoms with Crippen LogP contribution in [-0.2, 0) is 17.5 Å². The quantitative estimate of drug-likeness (QED) is 0.198. The lowest BCUT2D eigenvalue weighted by molar-refractivity contribution is -0.137. The van der Waals surface area contributed by atoms with Gasteiger partial charge in [0.15, 0.2) is 0 Å². The number of aromatic nitrogens is 1. The molecule has 0 fully saturated rings. The molecule has 1 heterocycles. The van der Waals surface area contributed by atoms with E-state index in [0.717, 1.165) is 12.1 Å². The number of Topliss-reactive ketones (excluding diaryl/α,β-unsaturated/α-hetero) is 1. The topological polar surface area (TPSA) is 100 Å². The number of rotatable bonds is 9. The van der Waals surface area contributed by atoms with Crippen LogP contribution in [-0.4, -0.2) is 39.9 Å². The van der Waals surface area contributed by atoms with Crippen LogP contribution >= 0.6 is 11.6 Å². The van der Waals surface area contributed by atoms with Gasteiger partial charge in [0, 0.05) is 40.8 Å². The summed E-state index contributed by atoms with van der Waals surface area (Å²) in [7, 11) is 0. The Hall–Kier alpha value is -4.03. The highest BCUT2D eigenvalue weighted by atomic mass is 35.5. The fourth-order valence-corrected chi connectivity index (χ4v) is 5.33. The van der Waals surface area contributed by atoms with Gasteiger partial charge in [-0.25, -0.2) is 8.78 Å². The molecule has 2 aromatic carbocycles. The average Bonchev–Trinajstić information content (AvgIpc) is 3.52. The minimum absolute atomic E-state index is 0.0859. The van der Waals surface area contributed by atoms with Crippen LogP contribution in [0, 0.1) is 17.6 Å². The summed E-state index contributed by atoms with van der Waals surface area (Å²) in [6.07, 6.45) is -1.05. The number of aliphatic hydroxyl groups is 1. The molecular weight excluding hydrogens is 597 g/mol. The summed E-state index contributed by atoms with van der Waals surface area (Å²) in [5.41, 5.74) is -1.83. The maximum Gasteiger partial charge on any atom is 0.416 e. The monoisotopic (exact) mass is 623 g/mol. The number of aliphatic hydroxyl groups excluding tert-OH is 1. The van der Waals surface area contributed by atoms with Gasteiger partial charge in [0.25, 0.3) is 11.8 Å². The Balaban J connectivity index is 1.83. The van der Waals surface area contributed by atoms with Crippen molar-refractivity contribution in [1.82, 2.24) is 9.88 Å². The average molecular weight is 624 g/mol. The highest BCUT2D eigenvalue weighted by Gasteiger charge is 2.33. The fraction of sp³-hybridized carbons (Fsp3) is 0.300. The molecule has 3 aromatic rings. The number of hydrogen-bond acceptors (Lipinski definition) is 4. The Kier molecular flexibility index (Phi) is 9.41. The molecule has 1 aliphatic carbocycles. The lowest BCUT2D eigenvalue weighted by atomic mass is 9.96. The van der Waals surface area contributed by atoms with Gasteiger partial charge in [-0.2, -0.15) is 13.2 Å². The van der Waals surface area contributed by atoms with Crippen molar-refractivity contribution in [3.8, 4) is 0 Å². The Morgan fingerprint density at radius 2 is 1.77 bits per heavy atom. The maximum absolute atomic E-state index is 14.3. The van der Waals surface area contributed by atoms with Gasteiger partial charge in [0.05, 0.1) is 17.8 Å². The lowest BCUT2D eigenvalue weighted by Crippen LogP contribution is -2.34. The van der Waals surface area contributed by atoms with Gasteiger partial charge in [-0.05, 0) is 61.4 Å². The van der Waals surface area contributed by atoms with E-state index in [1.165, 1.54) is 23.6 Å². The first kappa shape index (κ1) is 31.9. The van der Waals surface area contributed by atoms with Crippen molar-refractivity contribution < 1.29 is 41.4 Å². The third kappa shape index (κ3) is 7.31. The van der Waals surface area contributed by atoms with Crippen LogP contribution in [0.25, 0.3) is 0 Å². The van der Waals surface area contributed by atoms with Crippen LogP contribution in [0.4, 0.5) is 27.6 Å². The highest BCUT2D eigenvalue weighted by molar-refractivity contribution is 6.31. The zero-order valence-electron chi connectivity index (χ0n) is 22.9. The van der Waals surface area contributed by atoms with E-state index in [4.69, 9.17) is 11.6 Å². The summed E-state index contributed by atoms with van der Waals surface area (Å²) in [4.78, 5) is 39.0. The van der Waals surface area contributed by atoms with Gasteiger partial charge in [-0.1, -0.05) is 30.7 Å². The van der Waals surface area contributed by atoms with Crippen molar-refractivity contribution in [3.05, 3.63) is 99.4 Å². The summed E-state index contributed by atoms with van der Waals surface area (Å²) < 4.78 is 69.6. The van der Waals surface area contributed by atoms with Gasteiger partial charge in [0.2, 0.25) is 0 Å². The standard InChI is InChI=1S/C30H27ClF5N3O4/c1-15(41)13-39-26(29(43)37-22-5-3-17(7-22)14-40)12-25(27(39)16(2)23-11-20(32)4-6-24(23)31)38-28(42)18-8-19(30(34,35)36)10-21(33)9-18/h3-6,8-12,16-17,22,40H,7,13-14H2,1-2H3,(H,37,43)(H,38,42)/t16-,17-,22+/m0/s1. The molecule has 2 amide bonds. The van der Waals surface area contributed by atoms with Gasteiger partial charge in [-0.3, -0.25) is 14.4 Å². The molecular formula is C30H27ClF5N3O4. The number of carbonyl (C=O) groups is 3. The van der Waals surface area contributed by atoms with E-state index in [0.29, 0.717) is 18.6 Å². The van der Waals surface area contributed by atoms with E-state index in [-0.39, 0.29) is 58.6 Å². The van der Waals surface area contributed by atoms with Crippen LogP contribution in [0.3, 0.4) is 0 Å². The van der Waals surface area contributed by atoms with Gasteiger partial charge in [-0.15, -0.1) is 0 Å². The number of hydrogen-bond donors (Lipinski definition) is 3. The third-order valence-electron chi connectivity index (χ3n) is 7.05. The van der Waals surface area contributed by atoms with Crippen LogP contribution in [0.15, 0.2) is 54.6 Å². The smallest absolute Gasteiger partial charge is 0.396 e. The molecule has 3 N–H and O–H groups in total. The van der Waals surface area contributed by atoms with Crippen molar-refractivity contribution in [2.75, 3.05) is 11.9 Å². The molecule has 0 bridgehead atoms.